The summed E-state index contributed by atoms with van der Waals surface area (Å²) in [4.78, 5) is 1.13. The molecule has 0 amide bonds. The fourth-order valence-corrected chi connectivity index (χ4v) is 2.55. The number of aryl methyl sites for hydroxylation is 1. The number of hydrogen-bond acceptors (Lipinski definition) is 3. The van der Waals surface area contributed by atoms with E-state index in [1.165, 1.54) is 5.56 Å². The number of aliphatic hydroxyl groups excluding tert-OH is 1. The van der Waals surface area contributed by atoms with Crippen molar-refractivity contribution in [3.05, 3.63) is 20.3 Å². The first-order chi connectivity index (χ1) is 5.65. The zero-order valence-corrected chi connectivity index (χ0v) is 9.28. The van der Waals surface area contributed by atoms with Gasteiger partial charge in [-0.1, -0.05) is 0 Å². The fourth-order valence-electron chi connectivity index (χ4n) is 0.948. The predicted molar refractivity (Wildman–Crippen MR) is 55.4 cm³/mol. The minimum absolute atomic E-state index is 0.0231. The van der Waals surface area contributed by atoms with Gasteiger partial charge in [0.2, 0.25) is 0 Å². The monoisotopic (exact) mass is 249 g/mol. The molecule has 2 nitrogen and oxygen atoms in total. The van der Waals surface area contributed by atoms with Crippen LogP contribution in [0, 0.1) is 6.92 Å². The van der Waals surface area contributed by atoms with Crippen molar-refractivity contribution in [3.63, 3.8) is 0 Å². The first kappa shape index (κ1) is 10.2. The zero-order chi connectivity index (χ0) is 9.14. The van der Waals surface area contributed by atoms with Crippen LogP contribution in [0.25, 0.3) is 0 Å². The summed E-state index contributed by atoms with van der Waals surface area (Å²) in [6, 6.07) is 2.04. The Hall–Kier alpha value is 0.100. The van der Waals surface area contributed by atoms with Crippen LogP contribution in [0.4, 0.5) is 0 Å². The van der Waals surface area contributed by atoms with Gasteiger partial charge >= 0.3 is 0 Å². The molecule has 0 aliphatic rings. The number of halogens is 1. The number of hydrogen-bond donors (Lipinski definition) is 2. The number of aliphatic hydroxyl groups is 1. The Balaban J connectivity index is 2.74. The molecule has 1 aromatic rings. The summed E-state index contributed by atoms with van der Waals surface area (Å²) in [7, 11) is 0. The highest BCUT2D eigenvalue weighted by Gasteiger charge is 2.09. The van der Waals surface area contributed by atoms with Crippen LogP contribution < -0.4 is 5.73 Å². The Morgan fingerprint density at radius 2 is 2.42 bits per heavy atom. The quantitative estimate of drug-likeness (QED) is 0.863. The average molecular weight is 250 g/mol. The van der Waals surface area contributed by atoms with E-state index in [1.54, 1.807) is 11.3 Å². The molecule has 3 N–H and O–H groups in total. The molecule has 0 aliphatic carbocycles. The molecule has 1 heterocycles. The summed E-state index contributed by atoms with van der Waals surface area (Å²) in [5, 5.41) is 8.69. The summed E-state index contributed by atoms with van der Waals surface area (Å²) < 4.78 is 1.13. The molecule has 1 rings (SSSR count). The van der Waals surface area contributed by atoms with E-state index in [1.807, 2.05) is 6.92 Å². The zero-order valence-electron chi connectivity index (χ0n) is 6.88. The molecule has 68 valence electrons. The highest BCUT2D eigenvalue weighted by Crippen LogP contribution is 2.31. The second-order valence-corrected chi connectivity index (χ2v) is 5.13. The molecule has 0 bridgehead atoms. The molecular formula is C8H12BrNOS. The average Bonchev–Trinajstić information content (AvgIpc) is 2.33. The maximum Gasteiger partial charge on any atom is 0.0731 e. The van der Waals surface area contributed by atoms with E-state index in [0.29, 0.717) is 6.42 Å². The Morgan fingerprint density at radius 1 is 1.75 bits per heavy atom. The predicted octanol–water partition coefficient (Wildman–Crippen LogP) is 2.20. The first-order valence-electron chi connectivity index (χ1n) is 3.77. The summed E-state index contributed by atoms with van der Waals surface area (Å²) >= 11 is 5.08. The van der Waals surface area contributed by atoms with Gasteiger partial charge in [0.25, 0.3) is 0 Å². The van der Waals surface area contributed by atoms with Gasteiger partial charge in [-0.15, -0.1) is 11.3 Å². The molecule has 0 fully saturated rings. The molecule has 0 saturated carbocycles. The molecule has 1 atom stereocenters. The molecule has 0 aromatic carbocycles. The van der Waals surface area contributed by atoms with E-state index >= 15 is 0 Å². The molecule has 12 heavy (non-hydrogen) atoms. The van der Waals surface area contributed by atoms with Crippen molar-refractivity contribution in [2.24, 2.45) is 5.73 Å². The molecule has 0 radical (unpaired) electrons. The third-order valence-electron chi connectivity index (χ3n) is 1.68. The normalized spacial score (nSPS) is 13.3. The van der Waals surface area contributed by atoms with E-state index in [9.17, 15) is 0 Å². The molecule has 1 aromatic heterocycles. The van der Waals surface area contributed by atoms with Crippen LogP contribution in [-0.2, 0) is 0 Å². The second kappa shape index (κ2) is 4.37. The van der Waals surface area contributed by atoms with Gasteiger partial charge in [0.15, 0.2) is 0 Å². The van der Waals surface area contributed by atoms with Crippen molar-refractivity contribution in [1.29, 1.82) is 0 Å². The largest absolute Gasteiger partial charge is 0.396 e. The SMILES string of the molecule is Cc1cc([C@H](N)CCO)sc1Br. The minimum Gasteiger partial charge on any atom is -0.396 e. The topological polar surface area (TPSA) is 46.2 Å². The van der Waals surface area contributed by atoms with Gasteiger partial charge in [-0.25, -0.2) is 0 Å². The van der Waals surface area contributed by atoms with Crippen LogP contribution >= 0.6 is 27.3 Å². The van der Waals surface area contributed by atoms with E-state index in [2.05, 4.69) is 22.0 Å². The van der Waals surface area contributed by atoms with Gasteiger partial charge in [0.05, 0.1) is 3.79 Å². The smallest absolute Gasteiger partial charge is 0.0731 e. The van der Waals surface area contributed by atoms with E-state index < -0.39 is 0 Å². The molecule has 0 spiro atoms. The van der Waals surface area contributed by atoms with Gasteiger partial charge in [-0.05, 0) is 40.9 Å². The van der Waals surface area contributed by atoms with Crippen molar-refractivity contribution in [1.82, 2.24) is 0 Å². The van der Waals surface area contributed by atoms with Crippen LogP contribution in [0.15, 0.2) is 9.85 Å². The maximum atomic E-state index is 8.69. The van der Waals surface area contributed by atoms with Gasteiger partial charge in [-0.2, -0.15) is 0 Å². The van der Waals surface area contributed by atoms with Gasteiger partial charge in [0, 0.05) is 17.5 Å². The molecule has 0 aliphatic heterocycles. The standard InChI is InChI=1S/C8H12BrNOS/c1-5-4-7(12-8(5)9)6(10)2-3-11/h4,6,11H,2-3,10H2,1H3/t6-/m1/s1. The van der Waals surface area contributed by atoms with Crippen molar-refractivity contribution in [2.75, 3.05) is 6.61 Å². The summed E-state index contributed by atoms with van der Waals surface area (Å²) in [5.41, 5.74) is 7.03. The maximum absolute atomic E-state index is 8.69. The lowest BCUT2D eigenvalue weighted by atomic mass is 10.2. The summed E-state index contributed by atoms with van der Waals surface area (Å²) in [6.07, 6.45) is 0.631. The fraction of sp³-hybridized carbons (Fsp3) is 0.500. The molecular weight excluding hydrogens is 238 g/mol. The van der Waals surface area contributed by atoms with Crippen LogP contribution in [-0.4, -0.2) is 11.7 Å². The van der Waals surface area contributed by atoms with Crippen LogP contribution in [0.3, 0.4) is 0 Å². The van der Waals surface area contributed by atoms with E-state index in [4.69, 9.17) is 10.8 Å². The molecule has 0 saturated heterocycles. The Kier molecular flexibility index (Phi) is 3.71. The number of nitrogens with two attached hydrogens (primary N) is 1. The number of thiophene rings is 1. The lowest BCUT2D eigenvalue weighted by Gasteiger charge is -2.05. The van der Waals surface area contributed by atoms with Gasteiger partial charge in [-0.3, -0.25) is 0 Å². The van der Waals surface area contributed by atoms with Crippen LogP contribution in [0.1, 0.15) is 22.9 Å². The van der Waals surface area contributed by atoms with E-state index in [-0.39, 0.29) is 12.6 Å². The molecule has 0 unspecified atom stereocenters. The van der Waals surface area contributed by atoms with Crippen molar-refractivity contribution in [3.8, 4) is 0 Å². The second-order valence-electron chi connectivity index (χ2n) is 2.72. The van der Waals surface area contributed by atoms with Gasteiger partial charge < -0.3 is 10.8 Å². The highest BCUT2D eigenvalue weighted by atomic mass is 79.9. The highest BCUT2D eigenvalue weighted by molar-refractivity contribution is 9.11. The summed E-state index contributed by atoms with van der Waals surface area (Å²) in [6.45, 7) is 2.19. The number of rotatable bonds is 3. The third kappa shape index (κ3) is 2.29. The lowest BCUT2D eigenvalue weighted by molar-refractivity contribution is 0.277. The minimum atomic E-state index is -0.0231. The van der Waals surface area contributed by atoms with Crippen LogP contribution in [0.5, 0.6) is 0 Å². The van der Waals surface area contributed by atoms with Crippen molar-refractivity contribution >= 4 is 27.3 Å². The van der Waals surface area contributed by atoms with E-state index in [0.717, 1.165) is 8.66 Å². The Morgan fingerprint density at radius 3 is 2.83 bits per heavy atom. The van der Waals surface area contributed by atoms with Crippen molar-refractivity contribution < 1.29 is 5.11 Å². The third-order valence-corrected chi connectivity index (χ3v) is 3.95. The Labute approximate surface area is 84.5 Å². The van der Waals surface area contributed by atoms with Crippen LogP contribution in [0.2, 0.25) is 0 Å². The molecule has 4 heteroatoms. The first-order valence-corrected chi connectivity index (χ1v) is 5.38. The van der Waals surface area contributed by atoms with Gasteiger partial charge in [0.1, 0.15) is 0 Å². The summed E-state index contributed by atoms with van der Waals surface area (Å²) in [5.74, 6) is 0. The Bertz CT molecular complexity index is 242. The lowest BCUT2D eigenvalue weighted by Crippen LogP contribution is -2.09. The van der Waals surface area contributed by atoms with Crippen molar-refractivity contribution in [2.45, 2.75) is 19.4 Å².